The molecule has 0 radical (unpaired) electrons. The highest BCUT2D eigenvalue weighted by molar-refractivity contribution is 5.99. The number of nitrogens with one attached hydrogen (secondary N) is 1. The average Bonchev–Trinajstić information content (AvgIpc) is 3.16. The van der Waals surface area contributed by atoms with Gasteiger partial charge >= 0.3 is 5.97 Å². The van der Waals surface area contributed by atoms with Crippen LogP contribution in [0.1, 0.15) is 61.9 Å². The molecule has 33 heavy (non-hydrogen) atoms. The monoisotopic (exact) mass is 455 g/mol. The number of aliphatic carboxylic acids is 1. The van der Waals surface area contributed by atoms with Crippen molar-refractivity contribution in [2.45, 2.75) is 52.5 Å². The van der Waals surface area contributed by atoms with Crippen LogP contribution in [0.15, 0.2) is 30.3 Å². The number of unbranched alkanes of at least 4 members (excludes halogenated alkanes) is 2. The van der Waals surface area contributed by atoms with E-state index in [-0.39, 0.29) is 17.7 Å². The third-order valence-electron chi connectivity index (χ3n) is 5.95. The van der Waals surface area contributed by atoms with Crippen molar-refractivity contribution >= 4 is 11.9 Å². The molecule has 0 atom stereocenters. The Balaban J connectivity index is 1.81. The van der Waals surface area contributed by atoms with Crippen molar-refractivity contribution in [3.63, 3.8) is 0 Å². The molecule has 0 aromatic heterocycles. The Morgan fingerprint density at radius 2 is 1.79 bits per heavy atom. The lowest BCUT2D eigenvalue weighted by atomic mass is 9.87. The zero-order valence-electron chi connectivity index (χ0n) is 19.8. The maximum absolute atomic E-state index is 11.9. The Morgan fingerprint density at radius 1 is 1.03 bits per heavy atom. The molecule has 0 unspecified atom stereocenters. The van der Waals surface area contributed by atoms with Crippen LogP contribution in [-0.2, 0) is 11.3 Å². The smallest absolute Gasteiger partial charge is 0.303 e. The number of hydrogen-bond donors (Lipinski definition) is 2. The van der Waals surface area contributed by atoms with Crippen molar-refractivity contribution < 1.29 is 28.9 Å². The van der Waals surface area contributed by atoms with Crippen molar-refractivity contribution in [2.24, 2.45) is 5.41 Å². The van der Waals surface area contributed by atoms with Crippen LogP contribution in [0, 0.1) is 5.41 Å². The van der Waals surface area contributed by atoms with Gasteiger partial charge in [0.25, 0.3) is 5.91 Å². The molecule has 1 aliphatic heterocycles. The van der Waals surface area contributed by atoms with E-state index in [1.54, 1.807) is 14.2 Å². The van der Waals surface area contributed by atoms with Crippen LogP contribution in [-0.4, -0.2) is 37.8 Å². The second kappa shape index (κ2) is 10.6. The van der Waals surface area contributed by atoms with E-state index >= 15 is 0 Å². The molecule has 0 saturated carbocycles. The number of hydrogen-bond acceptors (Lipinski definition) is 5. The summed E-state index contributed by atoms with van der Waals surface area (Å²) < 4.78 is 17.5. The number of benzene rings is 2. The summed E-state index contributed by atoms with van der Waals surface area (Å²) in [5, 5.41) is 11.6. The van der Waals surface area contributed by atoms with Gasteiger partial charge in [-0.25, -0.2) is 0 Å². The molecule has 2 aromatic rings. The van der Waals surface area contributed by atoms with Gasteiger partial charge in [-0.15, -0.1) is 0 Å². The highest BCUT2D eigenvalue weighted by Gasteiger charge is 2.25. The van der Waals surface area contributed by atoms with E-state index in [0.29, 0.717) is 42.4 Å². The molecule has 0 spiro atoms. The fourth-order valence-corrected chi connectivity index (χ4v) is 4.07. The Morgan fingerprint density at radius 3 is 2.48 bits per heavy atom. The first-order chi connectivity index (χ1) is 15.8. The molecule has 0 aliphatic carbocycles. The van der Waals surface area contributed by atoms with E-state index in [1.165, 1.54) is 0 Å². The van der Waals surface area contributed by atoms with Gasteiger partial charge in [0.15, 0.2) is 11.5 Å². The summed E-state index contributed by atoms with van der Waals surface area (Å²) in [7, 11) is 3.18. The third kappa shape index (κ3) is 5.97. The average molecular weight is 456 g/mol. The molecular weight excluding hydrogens is 422 g/mol. The number of rotatable bonds is 12. The Hall–Kier alpha value is -3.22. The van der Waals surface area contributed by atoms with E-state index in [1.807, 2.05) is 30.3 Å². The van der Waals surface area contributed by atoms with Gasteiger partial charge in [-0.3, -0.25) is 9.59 Å². The zero-order chi connectivity index (χ0) is 24.0. The fourth-order valence-electron chi connectivity index (χ4n) is 4.07. The predicted octanol–water partition coefficient (Wildman–Crippen LogP) is 5.05. The first kappa shape index (κ1) is 24.4. The molecule has 7 heteroatoms. The SMILES string of the molecule is COc1ccc(-c2ccc3c(c2)CNC3=O)c(OCC(C)(C)CCCCCC(=O)O)c1OC. The normalized spacial score (nSPS) is 12.8. The van der Waals surface area contributed by atoms with Crippen molar-refractivity contribution in [1.82, 2.24) is 5.32 Å². The van der Waals surface area contributed by atoms with Gasteiger partial charge in [0, 0.05) is 24.1 Å². The van der Waals surface area contributed by atoms with Crippen LogP contribution in [0.2, 0.25) is 0 Å². The van der Waals surface area contributed by atoms with Crippen LogP contribution >= 0.6 is 0 Å². The molecule has 178 valence electrons. The summed E-state index contributed by atoms with van der Waals surface area (Å²) in [6, 6.07) is 9.57. The van der Waals surface area contributed by atoms with Crippen LogP contribution in [0.25, 0.3) is 11.1 Å². The van der Waals surface area contributed by atoms with Crippen molar-refractivity contribution in [2.75, 3.05) is 20.8 Å². The van der Waals surface area contributed by atoms with E-state index in [0.717, 1.165) is 36.0 Å². The number of carbonyl (C=O) groups is 2. The van der Waals surface area contributed by atoms with Crippen molar-refractivity contribution in [3.8, 4) is 28.4 Å². The largest absolute Gasteiger partial charge is 0.493 e. The molecule has 0 saturated heterocycles. The molecular formula is C26H33NO6. The highest BCUT2D eigenvalue weighted by atomic mass is 16.5. The maximum Gasteiger partial charge on any atom is 0.303 e. The minimum Gasteiger partial charge on any atom is -0.493 e. The first-order valence-corrected chi connectivity index (χ1v) is 11.3. The fraction of sp³-hybridized carbons (Fsp3) is 0.462. The molecule has 1 aliphatic rings. The molecule has 2 aromatic carbocycles. The van der Waals surface area contributed by atoms with Gasteiger partial charge in [-0.05, 0) is 53.6 Å². The summed E-state index contributed by atoms with van der Waals surface area (Å²) >= 11 is 0. The maximum atomic E-state index is 11.9. The van der Waals surface area contributed by atoms with Crippen molar-refractivity contribution in [1.29, 1.82) is 0 Å². The highest BCUT2D eigenvalue weighted by Crippen LogP contribution is 2.45. The van der Waals surface area contributed by atoms with Gasteiger partial charge < -0.3 is 24.6 Å². The molecule has 0 bridgehead atoms. The van der Waals surface area contributed by atoms with Gasteiger partial charge in [0.05, 0.1) is 20.8 Å². The summed E-state index contributed by atoms with van der Waals surface area (Å²) in [6.07, 6.45) is 3.64. The lowest BCUT2D eigenvalue weighted by molar-refractivity contribution is -0.137. The Kier molecular flexibility index (Phi) is 7.84. The van der Waals surface area contributed by atoms with Crippen LogP contribution < -0.4 is 19.5 Å². The summed E-state index contributed by atoms with van der Waals surface area (Å²) in [4.78, 5) is 22.6. The second-order valence-corrected chi connectivity index (χ2v) is 9.14. The predicted molar refractivity (Wildman–Crippen MR) is 126 cm³/mol. The van der Waals surface area contributed by atoms with Gasteiger partial charge in [0.1, 0.15) is 0 Å². The van der Waals surface area contributed by atoms with E-state index < -0.39 is 5.97 Å². The van der Waals surface area contributed by atoms with E-state index in [2.05, 4.69) is 19.2 Å². The molecule has 7 nitrogen and oxygen atoms in total. The topological polar surface area (TPSA) is 94.1 Å². The number of ether oxygens (including phenoxy) is 3. The number of amides is 1. The molecule has 0 fully saturated rings. The first-order valence-electron chi connectivity index (χ1n) is 11.3. The van der Waals surface area contributed by atoms with Gasteiger partial charge in [-0.2, -0.15) is 0 Å². The van der Waals surface area contributed by atoms with E-state index in [4.69, 9.17) is 19.3 Å². The number of fused-ring (bicyclic) bond motifs is 1. The summed E-state index contributed by atoms with van der Waals surface area (Å²) in [6.45, 7) is 5.26. The Bertz CT molecular complexity index is 1010. The number of carboxylic acids is 1. The Labute approximate surface area is 195 Å². The number of carbonyl (C=O) groups excluding carboxylic acids is 1. The van der Waals surface area contributed by atoms with Crippen LogP contribution in [0.4, 0.5) is 0 Å². The summed E-state index contributed by atoms with van der Waals surface area (Å²) in [5.41, 5.74) is 3.36. The van der Waals surface area contributed by atoms with Crippen LogP contribution in [0.5, 0.6) is 17.2 Å². The molecule has 1 heterocycles. The molecule has 1 amide bonds. The molecule has 3 rings (SSSR count). The second-order valence-electron chi connectivity index (χ2n) is 9.14. The quantitative estimate of drug-likeness (QED) is 0.435. The lowest BCUT2D eigenvalue weighted by Gasteiger charge is -2.26. The minimum atomic E-state index is -0.748. The zero-order valence-corrected chi connectivity index (χ0v) is 19.8. The molecule has 2 N–H and O–H groups in total. The standard InChI is InChI=1S/C26H33NO6/c1-26(2,13-7-5-6-8-22(28)29)16-33-23-19(11-12-21(31-3)24(23)32-4)17-9-10-20-18(14-17)15-27-25(20)30/h9-12,14H,5-8,13,15-16H2,1-4H3,(H,27,30)(H,28,29). The lowest BCUT2D eigenvalue weighted by Crippen LogP contribution is -2.22. The van der Waals surface area contributed by atoms with E-state index in [9.17, 15) is 9.59 Å². The van der Waals surface area contributed by atoms with Gasteiger partial charge in [-0.1, -0.05) is 32.8 Å². The van der Waals surface area contributed by atoms with Crippen LogP contribution in [0.3, 0.4) is 0 Å². The van der Waals surface area contributed by atoms with Crippen molar-refractivity contribution in [3.05, 3.63) is 41.5 Å². The number of carboxylic acid groups (broad SMARTS) is 1. The minimum absolute atomic E-state index is 0.0505. The third-order valence-corrected chi connectivity index (χ3v) is 5.95. The van der Waals surface area contributed by atoms with Gasteiger partial charge in [0.2, 0.25) is 5.75 Å². The number of methoxy groups -OCH3 is 2. The summed E-state index contributed by atoms with van der Waals surface area (Å²) in [5.74, 6) is 0.920.